The smallest absolute Gasteiger partial charge is 0.320 e. The summed E-state index contributed by atoms with van der Waals surface area (Å²) in [6.07, 6.45) is 0. The van der Waals surface area contributed by atoms with Crippen LogP contribution < -0.4 is 5.73 Å². The van der Waals surface area contributed by atoms with Crippen LogP contribution in [0, 0.1) is 5.92 Å². The van der Waals surface area contributed by atoms with Gasteiger partial charge in [0.15, 0.2) is 0 Å². The molecule has 100 valence electrons. The number of hydrogen-bond donors (Lipinski definition) is 2. The van der Waals surface area contributed by atoms with Crippen LogP contribution in [0.3, 0.4) is 0 Å². The van der Waals surface area contributed by atoms with Crippen molar-refractivity contribution in [1.29, 1.82) is 0 Å². The third-order valence-corrected chi connectivity index (χ3v) is 3.95. The van der Waals surface area contributed by atoms with Crippen molar-refractivity contribution in [2.75, 3.05) is 0 Å². The van der Waals surface area contributed by atoms with Gasteiger partial charge in [0.1, 0.15) is 6.04 Å². The molecule has 3 heteroatoms. The molecule has 3 atom stereocenters. The number of carboxylic acid groups (broad SMARTS) is 1. The number of benzene rings is 2. The Kier molecular flexibility index (Phi) is 3.86. The topological polar surface area (TPSA) is 63.3 Å². The van der Waals surface area contributed by atoms with E-state index < -0.39 is 12.0 Å². The Morgan fingerprint density at radius 3 is 2.42 bits per heavy atom. The zero-order valence-corrected chi connectivity index (χ0v) is 11.2. The molecule has 0 radical (unpaired) electrons. The van der Waals surface area contributed by atoms with E-state index in [0.717, 1.165) is 5.56 Å². The fourth-order valence-corrected chi connectivity index (χ4v) is 2.47. The number of hydrogen-bond acceptors (Lipinski definition) is 2. The molecular formula is C16H19NO2. The van der Waals surface area contributed by atoms with Crippen LogP contribution >= 0.6 is 0 Å². The predicted molar refractivity (Wildman–Crippen MR) is 77.1 cm³/mol. The van der Waals surface area contributed by atoms with Crippen molar-refractivity contribution < 1.29 is 9.90 Å². The van der Waals surface area contributed by atoms with Gasteiger partial charge in [0.05, 0.1) is 0 Å². The second kappa shape index (κ2) is 5.41. The second-order valence-corrected chi connectivity index (χ2v) is 5.08. The maximum absolute atomic E-state index is 11.0. The molecule has 3 nitrogen and oxygen atoms in total. The first-order valence-electron chi connectivity index (χ1n) is 6.48. The van der Waals surface area contributed by atoms with Crippen LogP contribution in [0.2, 0.25) is 0 Å². The number of carbonyl (C=O) groups is 1. The van der Waals surface area contributed by atoms with Crippen LogP contribution in [-0.4, -0.2) is 17.1 Å². The lowest BCUT2D eigenvalue weighted by Gasteiger charge is -2.24. The number of fused-ring (bicyclic) bond motifs is 1. The maximum atomic E-state index is 11.0. The number of aliphatic carboxylic acids is 1. The molecule has 2 rings (SSSR count). The summed E-state index contributed by atoms with van der Waals surface area (Å²) in [6.45, 7) is 3.93. The van der Waals surface area contributed by atoms with Crippen molar-refractivity contribution in [3.05, 3.63) is 48.0 Å². The van der Waals surface area contributed by atoms with Crippen molar-refractivity contribution in [1.82, 2.24) is 0 Å². The molecule has 19 heavy (non-hydrogen) atoms. The van der Waals surface area contributed by atoms with Gasteiger partial charge in [-0.3, -0.25) is 4.79 Å². The van der Waals surface area contributed by atoms with Crippen LogP contribution in [0.25, 0.3) is 10.8 Å². The molecule has 0 aromatic heterocycles. The van der Waals surface area contributed by atoms with E-state index in [9.17, 15) is 4.79 Å². The van der Waals surface area contributed by atoms with Crippen molar-refractivity contribution in [2.45, 2.75) is 25.8 Å². The Hall–Kier alpha value is -1.87. The molecule has 2 unspecified atom stereocenters. The Labute approximate surface area is 113 Å². The summed E-state index contributed by atoms with van der Waals surface area (Å²) >= 11 is 0. The molecule has 0 saturated heterocycles. The van der Waals surface area contributed by atoms with Crippen LogP contribution in [0.5, 0.6) is 0 Å². The van der Waals surface area contributed by atoms with Crippen LogP contribution in [0.4, 0.5) is 0 Å². The molecular weight excluding hydrogens is 238 g/mol. The van der Waals surface area contributed by atoms with E-state index in [1.807, 2.05) is 32.0 Å². The molecule has 0 spiro atoms. The van der Waals surface area contributed by atoms with Crippen molar-refractivity contribution >= 4 is 16.7 Å². The number of rotatable bonds is 4. The van der Waals surface area contributed by atoms with Crippen LogP contribution in [0.1, 0.15) is 25.3 Å². The first kappa shape index (κ1) is 13.6. The fourth-order valence-electron chi connectivity index (χ4n) is 2.47. The van der Waals surface area contributed by atoms with E-state index in [0.29, 0.717) is 0 Å². The molecule has 0 bridgehead atoms. The SMILES string of the molecule is CC(c1cccc2ccccc12)C(C)[C@@H](N)C(=O)O. The van der Waals surface area contributed by atoms with Gasteiger partial charge in [-0.05, 0) is 28.2 Å². The fraction of sp³-hybridized carbons (Fsp3) is 0.312. The van der Waals surface area contributed by atoms with E-state index in [1.165, 1.54) is 10.8 Å². The molecule has 0 fully saturated rings. The Morgan fingerprint density at radius 1 is 1.11 bits per heavy atom. The van der Waals surface area contributed by atoms with Gasteiger partial charge in [0.25, 0.3) is 0 Å². The summed E-state index contributed by atoms with van der Waals surface area (Å²) < 4.78 is 0. The number of nitrogens with two attached hydrogens (primary N) is 1. The number of carboxylic acids is 1. The highest BCUT2D eigenvalue weighted by Crippen LogP contribution is 2.31. The summed E-state index contributed by atoms with van der Waals surface area (Å²) in [4.78, 5) is 11.0. The molecule has 3 N–H and O–H groups in total. The average molecular weight is 257 g/mol. The lowest BCUT2D eigenvalue weighted by Crippen LogP contribution is -2.38. The second-order valence-electron chi connectivity index (χ2n) is 5.08. The summed E-state index contributed by atoms with van der Waals surface area (Å²) in [5, 5.41) is 11.4. The third kappa shape index (κ3) is 2.61. The van der Waals surface area contributed by atoms with E-state index in [1.54, 1.807) is 0 Å². The minimum atomic E-state index is -0.945. The third-order valence-electron chi connectivity index (χ3n) is 3.95. The maximum Gasteiger partial charge on any atom is 0.320 e. The van der Waals surface area contributed by atoms with E-state index in [-0.39, 0.29) is 11.8 Å². The summed E-state index contributed by atoms with van der Waals surface area (Å²) in [5.74, 6) is -0.972. The molecule has 0 heterocycles. The monoisotopic (exact) mass is 257 g/mol. The lowest BCUT2D eigenvalue weighted by molar-refractivity contribution is -0.139. The van der Waals surface area contributed by atoms with Gasteiger partial charge in [0, 0.05) is 0 Å². The minimum absolute atomic E-state index is 0.0946. The van der Waals surface area contributed by atoms with Crippen molar-refractivity contribution in [2.24, 2.45) is 11.7 Å². The van der Waals surface area contributed by atoms with Gasteiger partial charge in [-0.1, -0.05) is 56.3 Å². The average Bonchev–Trinajstić information content (AvgIpc) is 2.44. The largest absolute Gasteiger partial charge is 0.480 e. The first-order chi connectivity index (χ1) is 9.02. The lowest BCUT2D eigenvalue weighted by atomic mass is 9.82. The van der Waals surface area contributed by atoms with Gasteiger partial charge < -0.3 is 10.8 Å². The summed E-state index contributed by atoms with van der Waals surface area (Å²) in [5.41, 5.74) is 6.90. The molecule has 2 aromatic carbocycles. The van der Waals surface area contributed by atoms with Crippen LogP contribution in [-0.2, 0) is 4.79 Å². The predicted octanol–water partition coefficient (Wildman–Crippen LogP) is 2.99. The normalized spacial score (nSPS) is 15.9. The first-order valence-corrected chi connectivity index (χ1v) is 6.48. The molecule has 0 saturated carbocycles. The van der Waals surface area contributed by atoms with Gasteiger partial charge in [-0.25, -0.2) is 0 Å². The standard InChI is InChI=1S/C16H19NO2/c1-10(11(2)15(17)16(18)19)13-9-5-7-12-6-3-4-8-14(12)13/h3-11,15H,17H2,1-2H3,(H,18,19)/t10?,11?,15-/m1/s1. The Bertz CT molecular complexity index is 589. The summed E-state index contributed by atoms with van der Waals surface area (Å²) in [6, 6.07) is 13.4. The van der Waals surface area contributed by atoms with E-state index in [2.05, 4.69) is 24.3 Å². The zero-order valence-electron chi connectivity index (χ0n) is 11.2. The van der Waals surface area contributed by atoms with Crippen molar-refractivity contribution in [3.8, 4) is 0 Å². The van der Waals surface area contributed by atoms with E-state index >= 15 is 0 Å². The van der Waals surface area contributed by atoms with Crippen molar-refractivity contribution in [3.63, 3.8) is 0 Å². The molecule has 0 aliphatic heterocycles. The quantitative estimate of drug-likeness (QED) is 0.885. The highest BCUT2D eigenvalue weighted by atomic mass is 16.4. The minimum Gasteiger partial charge on any atom is -0.480 e. The molecule has 0 amide bonds. The van der Waals surface area contributed by atoms with E-state index in [4.69, 9.17) is 10.8 Å². The van der Waals surface area contributed by atoms with Gasteiger partial charge in [0.2, 0.25) is 0 Å². The van der Waals surface area contributed by atoms with Gasteiger partial charge in [-0.2, -0.15) is 0 Å². The van der Waals surface area contributed by atoms with Gasteiger partial charge >= 0.3 is 5.97 Å². The highest BCUT2D eigenvalue weighted by molar-refractivity contribution is 5.86. The Balaban J connectivity index is 2.41. The highest BCUT2D eigenvalue weighted by Gasteiger charge is 2.26. The Morgan fingerprint density at radius 2 is 1.74 bits per heavy atom. The zero-order chi connectivity index (χ0) is 14.0. The molecule has 0 aliphatic carbocycles. The van der Waals surface area contributed by atoms with Crippen LogP contribution in [0.15, 0.2) is 42.5 Å². The molecule has 0 aliphatic rings. The molecule has 2 aromatic rings. The summed E-state index contributed by atoms with van der Waals surface area (Å²) in [7, 11) is 0. The van der Waals surface area contributed by atoms with Gasteiger partial charge in [-0.15, -0.1) is 0 Å².